The Morgan fingerprint density at radius 1 is 0.897 bits per heavy atom. The highest BCUT2D eigenvalue weighted by Crippen LogP contribution is 2.33. The number of hydrogen-bond acceptors (Lipinski definition) is 5. The van der Waals surface area contributed by atoms with E-state index in [1.807, 2.05) is 54.6 Å². The maximum Gasteiger partial charge on any atom is 0.259 e. The number of phenolic OH excluding ortho intramolecular Hbond substituents is 1. The lowest BCUT2D eigenvalue weighted by Crippen LogP contribution is -2.23. The minimum atomic E-state index is -0.439. The molecule has 6 nitrogen and oxygen atoms in total. The van der Waals surface area contributed by atoms with Crippen LogP contribution in [-0.4, -0.2) is 25.2 Å². The van der Waals surface area contributed by atoms with Gasteiger partial charge < -0.3 is 24.6 Å². The van der Waals surface area contributed by atoms with Crippen LogP contribution in [0.15, 0.2) is 66.7 Å². The van der Waals surface area contributed by atoms with Gasteiger partial charge in [0.1, 0.15) is 35.2 Å². The molecule has 0 radical (unpaired) electrons. The molecule has 0 saturated carbocycles. The number of rotatable bonds is 8. The highest BCUT2D eigenvalue weighted by Gasteiger charge is 2.19. The van der Waals surface area contributed by atoms with E-state index < -0.39 is 5.91 Å². The minimum Gasteiger partial charge on any atom is -0.507 e. The van der Waals surface area contributed by atoms with E-state index in [1.54, 1.807) is 6.07 Å². The Morgan fingerprint density at radius 3 is 2.28 bits per heavy atom. The van der Waals surface area contributed by atoms with E-state index >= 15 is 0 Å². The number of aromatic hydroxyl groups is 1. The molecule has 0 unspecified atom stereocenters. The Morgan fingerprint density at radius 2 is 1.62 bits per heavy atom. The van der Waals surface area contributed by atoms with E-state index in [0.717, 1.165) is 16.9 Å². The van der Waals surface area contributed by atoms with Crippen LogP contribution >= 0.6 is 0 Å². The van der Waals surface area contributed by atoms with Crippen molar-refractivity contribution in [1.82, 2.24) is 5.32 Å². The highest BCUT2D eigenvalue weighted by molar-refractivity contribution is 5.99. The van der Waals surface area contributed by atoms with Crippen LogP contribution in [0.25, 0.3) is 0 Å². The van der Waals surface area contributed by atoms with Gasteiger partial charge in [0.2, 0.25) is 0 Å². The molecule has 0 aliphatic carbocycles. The SMILES string of the molecule is COc1cc(O)c(C(=O)NCc2ccc(OCc3ccccc3)cc2)c(OC)c1. The smallest absolute Gasteiger partial charge is 0.259 e. The van der Waals surface area contributed by atoms with E-state index in [-0.39, 0.29) is 17.1 Å². The number of carbonyl (C=O) groups is 1. The number of amides is 1. The lowest BCUT2D eigenvalue weighted by atomic mass is 10.1. The van der Waals surface area contributed by atoms with Gasteiger partial charge in [-0.15, -0.1) is 0 Å². The summed E-state index contributed by atoms with van der Waals surface area (Å²) in [6.07, 6.45) is 0. The van der Waals surface area contributed by atoms with Crippen molar-refractivity contribution in [2.45, 2.75) is 13.2 Å². The van der Waals surface area contributed by atoms with Gasteiger partial charge in [0.05, 0.1) is 14.2 Å². The van der Waals surface area contributed by atoms with Crippen LogP contribution in [0, 0.1) is 0 Å². The molecule has 3 aromatic rings. The van der Waals surface area contributed by atoms with Crippen LogP contribution in [0.1, 0.15) is 21.5 Å². The van der Waals surface area contributed by atoms with Crippen LogP contribution in [0.4, 0.5) is 0 Å². The highest BCUT2D eigenvalue weighted by atomic mass is 16.5. The molecule has 0 aliphatic heterocycles. The molecule has 2 N–H and O–H groups in total. The molecule has 0 fully saturated rings. The summed E-state index contributed by atoms with van der Waals surface area (Å²) in [6.45, 7) is 0.792. The van der Waals surface area contributed by atoms with E-state index in [2.05, 4.69) is 5.32 Å². The van der Waals surface area contributed by atoms with Crippen LogP contribution in [0.5, 0.6) is 23.0 Å². The van der Waals surface area contributed by atoms with Crippen molar-refractivity contribution in [2.24, 2.45) is 0 Å². The van der Waals surface area contributed by atoms with Gasteiger partial charge in [-0.3, -0.25) is 4.79 Å². The molecular formula is C23H23NO5. The first-order valence-corrected chi connectivity index (χ1v) is 9.09. The molecule has 0 atom stereocenters. The van der Waals surface area contributed by atoms with Crippen LogP contribution in [0.3, 0.4) is 0 Å². The summed E-state index contributed by atoms with van der Waals surface area (Å²) in [7, 11) is 2.90. The lowest BCUT2D eigenvalue weighted by molar-refractivity contribution is 0.0945. The second kappa shape index (κ2) is 9.50. The third-order valence-corrected chi connectivity index (χ3v) is 4.36. The number of nitrogens with one attached hydrogen (secondary N) is 1. The number of benzene rings is 3. The fourth-order valence-corrected chi connectivity index (χ4v) is 2.80. The largest absolute Gasteiger partial charge is 0.507 e. The Balaban J connectivity index is 1.59. The predicted octanol–water partition coefficient (Wildman–Crippen LogP) is 3.92. The second-order valence-electron chi connectivity index (χ2n) is 6.32. The van der Waals surface area contributed by atoms with Crippen LogP contribution < -0.4 is 19.5 Å². The second-order valence-corrected chi connectivity index (χ2v) is 6.32. The standard InChI is InChI=1S/C23H23NO5/c1-27-19-12-20(25)22(21(13-19)28-2)23(26)24-14-16-8-10-18(11-9-16)29-15-17-6-4-3-5-7-17/h3-13,25H,14-15H2,1-2H3,(H,24,26). The third kappa shape index (κ3) is 5.19. The van der Waals surface area contributed by atoms with Crippen molar-refractivity contribution in [2.75, 3.05) is 14.2 Å². The molecule has 3 rings (SSSR count). The van der Waals surface area contributed by atoms with Gasteiger partial charge in [-0.25, -0.2) is 0 Å². The molecule has 0 saturated heterocycles. The van der Waals surface area contributed by atoms with E-state index in [1.165, 1.54) is 20.3 Å². The minimum absolute atomic E-state index is 0.0658. The summed E-state index contributed by atoms with van der Waals surface area (Å²) in [5.41, 5.74) is 2.06. The summed E-state index contributed by atoms with van der Waals surface area (Å²) in [5.74, 6) is 0.749. The fourth-order valence-electron chi connectivity index (χ4n) is 2.80. The van der Waals surface area contributed by atoms with Gasteiger partial charge in [-0.1, -0.05) is 42.5 Å². The van der Waals surface area contributed by atoms with Crippen LogP contribution in [-0.2, 0) is 13.2 Å². The average molecular weight is 393 g/mol. The number of carbonyl (C=O) groups excluding carboxylic acids is 1. The summed E-state index contributed by atoms with van der Waals surface area (Å²) in [4.78, 5) is 12.5. The Bertz CT molecular complexity index is 955. The van der Waals surface area contributed by atoms with Gasteiger partial charge in [0, 0.05) is 18.7 Å². The first-order valence-electron chi connectivity index (χ1n) is 9.09. The van der Waals surface area contributed by atoms with Crippen molar-refractivity contribution in [1.29, 1.82) is 0 Å². The molecule has 0 heterocycles. The summed E-state index contributed by atoms with van der Waals surface area (Å²) in [6, 6.07) is 20.3. The maximum atomic E-state index is 12.5. The summed E-state index contributed by atoms with van der Waals surface area (Å²) >= 11 is 0. The molecule has 0 bridgehead atoms. The summed E-state index contributed by atoms with van der Waals surface area (Å²) in [5, 5.41) is 12.9. The first-order chi connectivity index (χ1) is 14.1. The fraction of sp³-hybridized carbons (Fsp3) is 0.174. The van der Waals surface area contributed by atoms with E-state index in [0.29, 0.717) is 18.9 Å². The van der Waals surface area contributed by atoms with Crippen molar-refractivity contribution >= 4 is 5.91 Å². The van der Waals surface area contributed by atoms with Crippen molar-refractivity contribution in [3.05, 3.63) is 83.4 Å². The molecule has 6 heteroatoms. The van der Waals surface area contributed by atoms with Crippen molar-refractivity contribution < 1.29 is 24.1 Å². The summed E-state index contributed by atoms with van der Waals surface area (Å²) < 4.78 is 16.0. The lowest BCUT2D eigenvalue weighted by Gasteiger charge is -2.13. The molecule has 150 valence electrons. The normalized spacial score (nSPS) is 10.3. The van der Waals surface area contributed by atoms with Crippen LogP contribution in [0.2, 0.25) is 0 Å². The zero-order valence-corrected chi connectivity index (χ0v) is 16.3. The average Bonchev–Trinajstić information content (AvgIpc) is 2.76. The number of methoxy groups -OCH3 is 2. The number of ether oxygens (including phenoxy) is 3. The zero-order chi connectivity index (χ0) is 20.6. The van der Waals surface area contributed by atoms with Gasteiger partial charge >= 0.3 is 0 Å². The topological polar surface area (TPSA) is 77.0 Å². The monoisotopic (exact) mass is 393 g/mol. The molecule has 0 aliphatic rings. The first kappa shape index (κ1) is 20.1. The van der Waals surface area contributed by atoms with E-state index in [9.17, 15) is 9.90 Å². The van der Waals surface area contributed by atoms with Gasteiger partial charge in [-0.2, -0.15) is 0 Å². The Kier molecular flexibility index (Phi) is 6.58. The number of hydrogen-bond donors (Lipinski definition) is 2. The van der Waals surface area contributed by atoms with E-state index in [4.69, 9.17) is 14.2 Å². The van der Waals surface area contributed by atoms with Gasteiger partial charge in [-0.05, 0) is 23.3 Å². The van der Waals surface area contributed by atoms with Gasteiger partial charge in [0.25, 0.3) is 5.91 Å². The predicted molar refractivity (Wildman–Crippen MR) is 110 cm³/mol. The maximum absolute atomic E-state index is 12.5. The molecule has 3 aromatic carbocycles. The van der Waals surface area contributed by atoms with Gasteiger partial charge in [0.15, 0.2) is 0 Å². The molecule has 0 aromatic heterocycles. The van der Waals surface area contributed by atoms with Crippen molar-refractivity contribution in [3.8, 4) is 23.0 Å². The quantitative estimate of drug-likeness (QED) is 0.607. The molecular weight excluding hydrogens is 370 g/mol. The molecule has 29 heavy (non-hydrogen) atoms. The zero-order valence-electron chi connectivity index (χ0n) is 16.3. The third-order valence-electron chi connectivity index (χ3n) is 4.36. The Labute approximate surface area is 169 Å². The number of phenols is 1. The molecule has 1 amide bonds. The van der Waals surface area contributed by atoms with Crippen molar-refractivity contribution in [3.63, 3.8) is 0 Å². The Hall–Kier alpha value is -3.67. The molecule has 0 spiro atoms.